The number of hydrogen-bond donors (Lipinski definition) is 1. The van der Waals surface area contributed by atoms with Crippen LogP contribution in [0.15, 0.2) is 58.3 Å². The number of benzene rings is 2. The summed E-state index contributed by atoms with van der Waals surface area (Å²) in [6.45, 7) is 0. The van der Waals surface area contributed by atoms with Crippen molar-refractivity contribution in [1.82, 2.24) is 0 Å². The first-order chi connectivity index (χ1) is 9.24. The Morgan fingerprint density at radius 2 is 1.70 bits per heavy atom. The molecule has 2 N–H and O–H groups in total. The average molecular weight is 326 g/mol. The molecule has 1 fully saturated rings. The van der Waals surface area contributed by atoms with Crippen LogP contribution in [0.3, 0.4) is 0 Å². The third-order valence-corrected chi connectivity index (χ3v) is 4.80. The van der Waals surface area contributed by atoms with E-state index in [2.05, 4.69) is 24.3 Å². The van der Waals surface area contributed by atoms with Crippen molar-refractivity contribution in [2.45, 2.75) is 28.7 Å². The van der Waals surface area contributed by atoms with Crippen molar-refractivity contribution in [2.75, 3.05) is 0 Å². The SMILES string of the molecule is Cl.N[C@@H](c1ccccc1Sc1ccc(Cl)cc1)C1CC1. The summed E-state index contributed by atoms with van der Waals surface area (Å²) < 4.78 is 0. The van der Waals surface area contributed by atoms with Gasteiger partial charge < -0.3 is 5.73 Å². The molecule has 0 aromatic heterocycles. The lowest BCUT2D eigenvalue weighted by Gasteiger charge is -2.15. The molecule has 3 rings (SSSR count). The van der Waals surface area contributed by atoms with E-state index in [1.807, 2.05) is 24.3 Å². The summed E-state index contributed by atoms with van der Waals surface area (Å²) in [5, 5.41) is 0.771. The second kappa shape index (κ2) is 6.86. The highest BCUT2D eigenvalue weighted by molar-refractivity contribution is 7.99. The van der Waals surface area contributed by atoms with E-state index in [-0.39, 0.29) is 18.4 Å². The molecule has 1 nitrogen and oxygen atoms in total. The molecule has 0 bridgehead atoms. The molecule has 2 aromatic rings. The first-order valence-corrected chi connectivity index (χ1v) is 7.71. The van der Waals surface area contributed by atoms with E-state index in [9.17, 15) is 0 Å². The maximum absolute atomic E-state index is 6.34. The van der Waals surface area contributed by atoms with Gasteiger partial charge >= 0.3 is 0 Å². The van der Waals surface area contributed by atoms with Crippen LogP contribution in [-0.2, 0) is 0 Å². The number of nitrogens with two attached hydrogens (primary N) is 1. The van der Waals surface area contributed by atoms with Crippen molar-refractivity contribution in [2.24, 2.45) is 11.7 Å². The first kappa shape index (κ1) is 15.7. The molecule has 20 heavy (non-hydrogen) atoms. The van der Waals surface area contributed by atoms with Gasteiger partial charge in [-0.2, -0.15) is 0 Å². The zero-order valence-corrected chi connectivity index (χ0v) is 13.3. The maximum atomic E-state index is 6.34. The maximum Gasteiger partial charge on any atom is 0.0406 e. The molecule has 0 spiro atoms. The van der Waals surface area contributed by atoms with Gasteiger partial charge in [-0.25, -0.2) is 0 Å². The van der Waals surface area contributed by atoms with Crippen LogP contribution in [0.5, 0.6) is 0 Å². The molecule has 0 saturated heterocycles. The average Bonchev–Trinajstić information content (AvgIpc) is 3.26. The Hall–Kier alpha value is -0.670. The fraction of sp³-hybridized carbons (Fsp3) is 0.250. The fourth-order valence-electron chi connectivity index (χ4n) is 2.19. The van der Waals surface area contributed by atoms with E-state index in [0.29, 0.717) is 5.92 Å². The van der Waals surface area contributed by atoms with Crippen molar-refractivity contribution in [3.63, 3.8) is 0 Å². The number of hydrogen-bond acceptors (Lipinski definition) is 2. The van der Waals surface area contributed by atoms with Crippen molar-refractivity contribution in [1.29, 1.82) is 0 Å². The third kappa shape index (κ3) is 3.70. The fourth-order valence-corrected chi connectivity index (χ4v) is 3.31. The Kier molecular flexibility index (Phi) is 5.39. The van der Waals surface area contributed by atoms with Gasteiger partial charge in [0.25, 0.3) is 0 Å². The largest absolute Gasteiger partial charge is 0.324 e. The Labute approximate surface area is 135 Å². The Morgan fingerprint density at radius 3 is 2.35 bits per heavy atom. The van der Waals surface area contributed by atoms with Gasteiger partial charge in [0.1, 0.15) is 0 Å². The smallest absolute Gasteiger partial charge is 0.0406 e. The molecule has 0 aliphatic heterocycles. The quantitative estimate of drug-likeness (QED) is 0.822. The molecule has 0 amide bonds. The van der Waals surface area contributed by atoms with Crippen LogP contribution in [0.25, 0.3) is 0 Å². The standard InChI is InChI=1S/C16H16ClNS.ClH/c17-12-7-9-13(10-8-12)19-15-4-2-1-3-14(15)16(18)11-5-6-11;/h1-4,7-11,16H,5-6,18H2;1H/t16-;/m1./s1. The molecule has 0 radical (unpaired) electrons. The van der Waals surface area contributed by atoms with Crippen LogP contribution in [0, 0.1) is 5.92 Å². The van der Waals surface area contributed by atoms with Gasteiger partial charge in [-0.15, -0.1) is 12.4 Å². The topological polar surface area (TPSA) is 26.0 Å². The van der Waals surface area contributed by atoms with Crippen LogP contribution < -0.4 is 5.73 Å². The molecule has 1 atom stereocenters. The highest BCUT2D eigenvalue weighted by Gasteiger charge is 2.30. The minimum atomic E-state index is 0. The van der Waals surface area contributed by atoms with Crippen LogP contribution in [0.4, 0.5) is 0 Å². The summed E-state index contributed by atoms with van der Waals surface area (Å²) in [4.78, 5) is 2.45. The van der Waals surface area contributed by atoms with Crippen LogP contribution >= 0.6 is 35.8 Å². The van der Waals surface area contributed by atoms with Crippen molar-refractivity contribution >= 4 is 35.8 Å². The van der Waals surface area contributed by atoms with Crippen LogP contribution in [0.1, 0.15) is 24.4 Å². The predicted octanol–water partition coefficient (Wildman–Crippen LogP) is 5.32. The molecule has 0 heterocycles. The second-order valence-electron chi connectivity index (χ2n) is 4.96. The lowest BCUT2D eigenvalue weighted by molar-refractivity contribution is 0.623. The Balaban J connectivity index is 0.00000147. The minimum Gasteiger partial charge on any atom is -0.324 e. The van der Waals surface area contributed by atoms with Crippen molar-refractivity contribution in [3.05, 3.63) is 59.1 Å². The Morgan fingerprint density at radius 1 is 1.05 bits per heavy atom. The summed E-state index contributed by atoms with van der Waals surface area (Å²) in [6, 6.07) is 16.6. The van der Waals surface area contributed by atoms with Crippen molar-refractivity contribution < 1.29 is 0 Å². The third-order valence-electron chi connectivity index (χ3n) is 3.45. The van der Waals surface area contributed by atoms with Gasteiger partial charge in [-0.1, -0.05) is 41.6 Å². The van der Waals surface area contributed by atoms with E-state index >= 15 is 0 Å². The lowest BCUT2D eigenvalue weighted by Crippen LogP contribution is -2.13. The summed E-state index contributed by atoms with van der Waals surface area (Å²) >= 11 is 7.67. The zero-order chi connectivity index (χ0) is 13.2. The summed E-state index contributed by atoms with van der Waals surface area (Å²) in [7, 11) is 0. The van der Waals surface area contributed by atoms with E-state index < -0.39 is 0 Å². The van der Waals surface area contributed by atoms with E-state index in [1.54, 1.807) is 11.8 Å². The molecule has 4 heteroatoms. The second-order valence-corrected chi connectivity index (χ2v) is 6.51. The number of rotatable bonds is 4. The number of halogens is 2. The highest BCUT2D eigenvalue weighted by atomic mass is 35.5. The van der Waals surface area contributed by atoms with E-state index in [0.717, 1.165) is 5.02 Å². The molecule has 2 aromatic carbocycles. The zero-order valence-electron chi connectivity index (χ0n) is 11.0. The van der Waals surface area contributed by atoms with E-state index in [4.69, 9.17) is 17.3 Å². The van der Waals surface area contributed by atoms with E-state index in [1.165, 1.54) is 28.2 Å². The van der Waals surface area contributed by atoms with Gasteiger partial charge in [0, 0.05) is 20.9 Å². The predicted molar refractivity (Wildman–Crippen MR) is 88.9 cm³/mol. The Bertz CT molecular complexity index is 567. The normalized spacial score (nSPS) is 15.5. The van der Waals surface area contributed by atoms with Crippen molar-refractivity contribution in [3.8, 4) is 0 Å². The lowest BCUT2D eigenvalue weighted by atomic mass is 10.0. The van der Waals surface area contributed by atoms with Gasteiger partial charge in [-0.3, -0.25) is 0 Å². The van der Waals surface area contributed by atoms with Crippen LogP contribution in [-0.4, -0.2) is 0 Å². The molecular weight excluding hydrogens is 309 g/mol. The molecular formula is C16H17Cl2NS. The molecule has 1 aliphatic rings. The molecule has 1 aliphatic carbocycles. The molecule has 1 saturated carbocycles. The van der Waals surface area contributed by atoms with Crippen LogP contribution in [0.2, 0.25) is 5.02 Å². The molecule has 106 valence electrons. The summed E-state index contributed by atoms with van der Waals surface area (Å²) in [5.74, 6) is 0.673. The van der Waals surface area contributed by atoms with Gasteiger partial charge in [-0.05, 0) is 54.7 Å². The van der Waals surface area contributed by atoms with Gasteiger partial charge in [0.05, 0.1) is 0 Å². The summed E-state index contributed by atoms with van der Waals surface area (Å²) in [5.41, 5.74) is 7.61. The monoisotopic (exact) mass is 325 g/mol. The van der Waals surface area contributed by atoms with Gasteiger partial charge in [0.15, 0.2) is 0 Å². The summed E-state index contributed by atoms with van der Waals surface area (Å²) in [6.07, 6.45) is 2.53. The highest BCUT2D eigenvalue weighted by Crippen LogP contribution is 2.43. The van der Waals surface area contributed by atoms with Gasteiger partial charge in [0.2, 0.25) is 0 Å². The minimum absolute atomic E-state index is 0. The first-order valence-electron chi connectivity index (χ1n) is 6.52. The molecule has 0 unspecified atom stereocenters.